The van der Waals surface area contributed by atoms with E-state index in [2.05, 4.69) is 5.16 Å². The fraction of sp³-hybridized carbons (Fsp3) is 0.300. The number of oxime groups is 1. The summed E-state index contributed by atoms with van der Waals surface area (Å²) in [6, 6.07) is 3.21. The number of hydrogen-bond donors (Lipinski definition) is 2. The molecule has 4 heteroatoms. The first-order valence-corrected chi connectivity index (χ1v) is 4.52. The maximum absolute atomic E-state index is 13.5. The van der Waals surface area contributed by atoms with Crippen molar-refractivity contribution in [3.63, 3.8) is 0 Å². The minimum absolute atomic E-state index is 0.155. The van der Waals surface area contributed by atoms with Crippen LogP contribution in [-0.2, 0) is 6.42 Å². The number of rotatable bonds is 0. The molecule has 0 spiro atoms. The van der Waals surface area contributed by atoms with Gasteiger partial charge in [-0.05, 0) is 30.9 Å². The van der Waals surface area contributed by atoms with Gasteiger partial charge in [0, 0.05) is 5.56 Å². The lowest BCUT2D eigenvalue weighted by molar-refractivity contribution is 0.317. The molecular formula is C10H11FN2O. The molecule has 3 nitrogen and oxygen atoms in total. The maximum Gasteiger partial charge on any atom is 0.149 e. The average molecular weight is 194 g/mol. The monoisotopic (exact) mass is 194 g/mol. The van der Waals surface area contributed by atoms with Crippen LogP contribution in [0.3, 0.4) is 0 Å². The van der Waals surface area contributed by atoms with Gasteiger partial charge in [0.05, 0.1) is 11.4 Å². The zero-order valence-electron chi connectivity index (χ0n) is 7.63. The Kier molecular flexibility index (Phi) is 2.11. The zero-order valence-corrected chi connectivity index (χ0v) is 7.63. The number of hydrogen-bond acceptors (Lipinski definition) is 3. The third kappa shape index (κ3) is 1.23. The highest BCUT2D eigenvalue weighted by atomic mass is 19.1. The summed E-state index contributed by atoms with van der Waals surface area (Å²) in [7, 11) is 0. The summed E-state index contributed by atoms with van der Waals surface area (Å²) in [6.07, 6.45) is 2.14. The van der Waals surface area contributed by atoms with Gasteiger partial charge in [-0.1, -0.05) is 11.2 Å². The molecule has 0 heterocycles. The Hall–Kier alpha value is -1.58. The molecule has 14 heavy (non-hydrogen) atoms. The normalized spacial score (nSPS) is 18.2. The van der Waals surface area contributed by atoms with Gasteiger partial charge < -0.3 is 10.9 Å². The first kappa shape index (κ1) is 8.99. The lowest BCUT2D eigenvalue weighted by Crippen LogP contribution is -2.14. The second-order valence-electron chi connectivity index (χ2n) is 3.40. The van der Waals surface area contributed by atoms with Crippen molar-refractivity contribution < 1.29 is 9.60 Å². The highest BCUT2D eigenvalue weighted by molar-refractivity contribution is 6.02. The summed E-state index contributed by atoms with van der Waals surface area (Å²) >= 11 is 0. The molecule has 0 amide bonds. The van der Waals surface area contributed by atoms with E-state index in [1.807, 2.05) is 0 Å². The molecule has 0 radical (unpaired) electrons. The molecule has 74 valence electrons. The van der Waals surface area contributed by atoms with Gasteiger partial charge in [-0.3, -0.25) is 0 Å². The lowest BCUT2D eigenvalue weighted by atomic mass is 9.89. The van der Waals surface area contributed by atoms with E-state index in [1.54, 1.807) is 6.07 Å². The van der Waals surface area contributed by atoms with Crippen LogP contribution in [0, 0.1) is 5.82 Å². The Morgan fingerprint density at radius 3 is 2.86 bits per heavy atom. The molecule has 1 aliphatic rings. The Labute approximate surface area is 81.0 Å². The van der Waals surface area contributed by atoms with Crippen molar-refractivity contribution in [3.8, 4) is 0 Å². The number of nitrogens with two attached hydrogens (primary N) is 1. The largest absolute Gasteiger partial charge is 0.411 e. The number of anilines is 1. The van der Waals surface area contributed by atoms with Crippen LogP contribution in [-0.4, -0.2) is 10.9 Å². The summed E-state index contributed by atoms with van der Waals surface area (Å²) in [6.45, 7) is 0. The average Bonchev–Trinajstić information content (AvgIpc) is 2.23. The van der Waals surface area contributed by atoms with Crippen LogP contribution in [0.5, 0.6) is 0 Å². The van der Waals surface area contributed by atoms with Crippen molar-refractivity contribution in [1.29, 1.82) is 0 Å². The molecule has 2 rings (SSSR count). The first-order valence-electron chi connectivity index (χ1n) is 4.52. The van der Waals surface area contributed by atoms with E-state index in [-0.39, 0.29) is 11.5 Å². The number of halogens is 1. The first-order chi connectivity index (χ1) is 6.74. The summed E-state index contributed by atoms with van der Waals surface area (Å²) < 4.78 is 13.5. The van der Waals surface area contributed by atoms with Crippen LogP contribution in [0.25, 0.3) is 0 Å². The SMILES string of the molecule is Nc1ccc2c(c1F)CCCC2=NO. The molecule has 1 aliphatic carbocycles. The Bertz CT molecular complexity index is 401. The molecule has 0 saturated carbocycles. The maximum atomic E-state index is 13.5. The molecule has 0 aliphatic heterocycles. The summed E-state index contributed by atoms with van der Waals surface area (Å²) in [5.74, 6) is -0.372. The molecule has 0 saturated heterocycles. The van der Waals surface area contributed by atoms with E-state index in [0.29, 0.717) is 29.7 Å². The van der Waals surface area contributed by atoms with Crippen molar-refractivity contribution >= 4 is 11.4 Å². The summed E-state index contributed by atoms with van der Waals surface area (Å²) in [5.41, 5.74) is 7.41. The third-order valence-corrected chi connectivity index (χ3v) is 2.55. The molecule has 0 bridgehead atoms. The van der Waals surface area contributed by atoms with Gasteiger partial charge in [-0.25, -0.2) is 4.39 Å². The van der Waals surface area contributed by atoms with E-state index < -0.39 is 0 Å². The van der Waals surface area contributed by atoms with Crippen molar-refractivity contribution in [2.24, 2.45) is 5.16 Å². The number of benzene rings is 1. The van der Waals surface area contributed by atoms with Crippen LogP contribution in [0.4, 0.5) is 10.1 Å². The Morgan fingerprint density at radius 2 is 2.14 bits per heavy atom. The van der Waals surface area contributed by atoms with Gasteiger partial charge in [0.1, 0.15) is 5.82 Å². The van der Waals surface area contributed by atoms with E-state index in [1.165, 1.54) is 6.07 Å². The van der Waals surface area contributed by atoms with E-state index in [9.17, 15) is 4.39 Å². The lowest BCUT2D eigenvalue weighted by Gasteiger charge is -2.17. The smallest absolute Gasteiger partial charge is 0.149 e. The number of fused-ring (bicyclic) bond motifs is 1. The van der Waals surface area contributed by atoms with Crippen LogP contribution in [0.15, 0.2) is 17.3 Å². The number of nitrogens with zero attached hydrogens (tertiary/aromatic N) is 1. The van der Waals surface area contributed by atoms with Crippen molar-refractivity contribution in [1.82, 2.24) is 0 Å². The van der Waals surface area contributed by atoms with Crippen LogP contribution in [0.1, 0.15) is 24.0 Å². The van der Waals surface area contributed by atoms with Gasteiger partial charge in [0.2, 0.25) is 0 Å². The predicted octanol–water partition coefficient (Wildman–Crippen LogP) is 1.92. The molecular weight excluding hydrogens is 183 g/mol. The molecule has 1 aromatic carbocycles. The van der Waals surface area contributed by atoms with E-state index in [4.69, 9.17) is 10.9 Å². The molecule has 0 unspecified atom stereocenters. The van der Waals surface area contributed by atoms with Crippen molar-refractivity contribution in [2.75, 3.05) is 5.73 Å². The van der Waals surface area contributed by atoms with E-state index in [0.717, 1.165) is 6.42 Å². The standard InChI is InChI=1S/C10H11FN2O/c11-10-7-2-1-3-9(13-14)6(7)4-5-8(10)12/h4-5,14H,1-3,12H2. The quantitative estimate of drug-likeness (QED) is 0.376. The van der Waals surface area contributed by atoms with Crippen LogP contribution in [0.2, 0.25) is 0 Å². The van der Waals surface area contributed by atoms with E-state index >= 15 is 0 Å². The van der Waals surface area contributed by atoms with Gasteiger partial charge >= 0.3 is 0 Å². The Morgan fingerprint density at radius 1 is 1.36 bits per heavy atom. The second-order valence-corrected chi connectivity index (χ2v) is 3.40. The zero-order chi connectivity index (χ0) is 10.1. The summed E-state index contributed by atoms with van der Waals surface area (Å²) in [5, 5.41) is 11.9. The molecule has 0 aromatic heterocycles. The molecule has 0 fully saturated rings. The third-order valence-electron chi connectivity index (χ3n) is 2.55. The van der Waals surface area contributed by atoms with Gasteiger partial charge in [0.15, 0.2) is 0 Å². The van der Waals surface area contributed by atoms with Gasteiger partial charge in [0.25, 0.3) is 0 Å². The predicted molar refractivity (Wildman–Crippen MR) is 52.1 cm³/mol. The second kappa shape index (κ2) is 3.29. The van der Waals surface area contributed by atoms with Crippen molar-refractivity contribution in [3.05, 3.63) is 29.1 Å². The van der Waals surface area contributed by atoms with Gasteiger partial charge in [-0.2, -0.15) is 0 Å². The highest BCUT2D eigenvalue weighted by Crippen LogP contribution is 2.27. The van der Waals surface area contributed by atoms with Crippen molar-refractivity contribution in [2.45, 2.75) is 19.3 Å². The van der Waals surface area contributed by atoms with Crippen LogP contribution >= 0.6 is 0 Å². The molecule has 1 aromatic rings. The minimum atomic E-state index is -0.372. The fourth-order valence-electron chi connectivity index (χ4n) is 1.83. The topological polar surface area (TPSA) is 58.6 Å². The Balaban J connectivity index is 2.62. The minimum Gasteiger partial charge on any atom is -0.411 e. The van der Waals surface area contributed by atoms with Crippen LogP contribution < -0.4 is 5.73 Å². The summed E-state index contributed by atoms with van der Waals surface area (Å²) in [4.78, 5) is 0. The fourth-order valence-corrected chi connectivity index (χ4v) is 1.83. The molecule has 0 atom stereocenters. The van der Waals surface area contributed by atoms with Gasteiger partial charge in [-0.15, -0.1) is 0 Å². The number of nitrogen functional groups attached to an aromatic ring is 1. The highest BCUT2D eigenvalue weighted by Gasteiger charge is 2.20. The molecule has 3 N–H and O–H groups in total.